The average molecular weight is 327 g/mol. The van der Waals surface area contributed by atoms with E-state index in [1.807, 2.05) is 74.8 Å². The Morgan fingerprint density at radius 2 is 1.58 bits per heavy atom. The number of hydrogen-bond acceptors (Lipinski definition) is 3. The summed E-state index contributed by atoms with van der Waals surface area (Å²) in [7, 11) is 4.07. The Bertz CT molecular complexity index is 585. The molecular weight excluding hydrogens is 298 g/mol. The first-order valence-corrected chi connectivity index (χ1v) is 8.66. The van der Waals surface area contributed by atoms with Gasteiger partial charge in [-0.25, -0.2) is 0 Å². The number of nitrogens with zero attached hydrogens (tertiary/aromatic N) is 1. The van der Waals surface area contributed by atoms with E-state index < -0.39 is 5.60 Å². The van der Waals surface area contributed by atoms with Crippen LogP contribution in [0.1, 0.15) is 25.3 Å². The van der Waals surface area contributed by atoms with Gasteiger partial charge < -0.3 is 14.7 Å². The number of benzene rings is 2. The van der Waals surface area contributed by atoms with Crippen LogP contribution in [0, 0.1) is 5.92 Å². The second-order valence-electron chi connectivity index (χ2n) is 6.62. The van der Waals surface area contributed by atoms with Crippen molar-refractivity contribution in [3.05, 3.63) is 66.2 Å². The number of ether oxygens (including phenoxy) is 1. The smallest absolute Gasteiger partial charge is 0.119 e. The number of para-hydroxylation sites is 1. The summed E-state index contributed by atoms with van der Waals surface area (Å²) < 4.78 is 6.00. The Hall–Kier alpha value is -1.84. The minimum Gasteiger partial charge on any atom is -0.493 e. The highest BCUT2D eigenvalue weighted by Crippen LogP contribution is 2.35. The predicted molar refractivity (Wildman–Crippen MR) is 99.2 cm³/mol. The summed E-state index contributed by atoms with van der Waals surface area (Å²) in [5, 5.41) is 11.6. The van der Waals surface area contributed by atoms with Crippen LogP contribution in [0.4, 0.5) is 0 Å². The lowest BCUT2D eigenvalue weighted by atomic mass is 9.78. The molecule has 0 heterocycles. The zero-order chi connectivity index (χ0) is 17.4. The molecule has 0 saturated heterocycles. The molecule has 2 unspecified atom stereocenters. The van der Waals surface area contributed by atoms with Crippen molar-refractivity contribution in [1.29, 1.82) is 0 Å². The van der Waals surface area contributed by atoms with Crippen molar-refractivity contribution in [3.63, 3.8) is 0 Å². The summed E-state index contributed by atoms with van der Waals surface area (Å²) in [6.07, 6.45) is 1.63. The first kappa shape index (κ1) is 18.5. The van der Waals surface area contributed by atoms with Crippen molar-refractivity contribution in [2.75, 3.05) is 27.2 Å². The number of rotatable bonds is 9. The topological polar surface area (TPSA) is 32.7 Å². The summed E-state index contributed by atoms with van der Waals surface area (Å²) in [5.41, 5.74) is 0.0741. The molecule has 2 aromatic carbocycles. The maximum atomic E-state index is 11.6. The maximum absolute atomic E-state index is 11.6. The zero-order valence-electron chi connectivity index (χ0n) is 15.0. The third-order valence-corrected chi connectivity index (χ3v) is 4.36. The van der Waals surface area contributed by atoms with E-state index in [4.69, 9.17) is 4.74 Å². The van der Waals surface area contributed by atoms with Crippen molar-refractivity contribution in [3.8, 4) is 5.75 Å². The summed E-state index contributed by atoms with van der Waals surface area (Å²) in [4.78, 5) is 2.11. The molecule has 0 bridgehead atoms. The van der Waals surface area contributed by atoms with Gasteiger partial charge in [0.05, 0.1) is 12.2 Å². The minimum absolute atomic E-state index is 0.0185. The molecule has 130 valence electrons. The third kappa shape index (κ3) is 4.83. The van der Waals surface area contributed by atoms with Crippen LogP contribution in [0.15, 0.2) is 60.7 Å². The van der Waals surface area contributed by atoms with Crippen LogP contribution >= 0.6 is 0 Å². The van der Waals surface area contributed by atoms with E-state index in [2.05, 4.69) is 11.8 Å². The number of hydrogen-bond donors (Lipinski definition) is 1. The van der Waals surface area contributed by atoms with Crippen LogP contribution < -0.4 is 4.74 Å². The van der Waals surface area contributed by atoms with E-state index >= 15 is 0 Å². The van der Waals surface area contributed by atoms with Gasteiger partial charge in [0.25, 0.3) is 0 Å². The van der Waals surface area contributed by atoms with E-state index in [0.717, 1.165) is 24.3 Å². The van der Waals surface area contributed by atoms with Crippen LogP contribution in [-0.4, -0.2) is 37.3 Å². The summed E-state index contributed by atoms with van der Waals surface area (Å²) in [5.74, 6) is 0.822. The van der Waals surface area contributed by atoms with Gasteiger partial charge in [0.1, 0.15) is 5.75 Å². The van der Waals surface area contributed by atoms with Crippen molar-refractivity contribution >= 4 is 0 Å². The zero-order valence-corrected chi connectivity index (χ0v) is 15.0. The predicted octanol–water partition coefficient (Wildman–Crippen LogP) is 3.93. The number of aliphatic hydroxyl groups is 1. The van der Waals surface area contributed by atoms with Crippen LogP contribution in [0.25, 0.3) is 0 Å². The standard InChI is InChI=1S/C21H29NO2/c1-4-15-21(23,18-11-7-5-8-12-18)19(16-22(2)3)17-24-20-13-9-6-10-14-20/h5-14,19,23H,4,15-17H2,1-3H3. The molecule has 3 nitrogen and oxygen atoms in total. The van der Waals surface area contributed by atoms with Gasteiger partial charge >= 0.3 is 0 Å². The molecule has 2 aromatic rings. The maximum Gasteiger partial charge on any atom is 0.119 e. The summed E-state index contributed by atoms with van der Waals surface area (Å²) >= 11 is 0. The lowest BCUT2D eigenvalue weighted by Gasteiger charge is -2.38. The Morgan fingerprint density at radius 3 is 2.12 bits per heavy atom. The lowest BCUT2D eigenvalue weighted by molar-refractivity contribution is -0.0568. The molecule has 0 aromatic heterocycles. The third-order valence-electron chi connectivity index (χ3n) is 4.36. The fraction of sp³-hybridized carbons (Fsp3) is 0.429. The average Bonchev–Trinajstić information content (AvgIpc) is 2.60. The highest BCUT2D eigenvalue weighted by Gasteiger charge is 2.38. The van der Waals surface area contributed by atoms with E-state index in [1.54, 1.807) is 0 Å². The second-order valence-corrected chi connectivity index (χ2v) is 6.62. The molecule has 0 fully saturated rings. The van der Waals surface area contributed by atoms with Crippen LogP contribution in [-0.2, 0) is 5.60 Å². The second kappa shape index (κ2) is 8.86. The summed E-state index contributed by atoms with van der Waals surface area (Å²) in [6, 6.07) is 19.8. The van der Waals surface area contributed by atoms with Gasteiger partial charge in [0.15, 0.2) is 0 Å². The van der Waals surface area contributed by atoms with Gasteiger partial charge in [-0.15, -0.1) is 0 Å². The van der Waals surface area contributed by atoms with E-state index in [0.29, 0.717) is 13.0 Å². The molecule has 1 N–H and O–H groups in total. The Morgan fingerprint density at radius 1 is 1.00 bits per heavy atom. The molecule has 0 aliphatic rings. The van der Waals surface area contributed by atoms with Crippen LogP contribution in [0.5, 0.6) is 5.75 Å². The van der Waals surface area contributed by atoms with Crippen molar-refractivity contribution in [2.24, 2.45) is 5.92 Å². The van der Waals surface area contributed by atoms with E-state index in [-0.39, 0.29) is 5.92 Å². The Labute approximate surface area is 145 Å². The minimum atomic E-state index is -0.894. The molecular formula is C21H29NO2. The van der Waals surface area contributed by atoms with Crippen molar-refractivity contribution in [2.45, 2.75) is 25.4 Å². The molecule has 3 heteroatoms. The monoisotopic (exact) mass is 327 g/mol. The van der Waals surface area contributed by atoms with Gasteiger partial charge in [-0.2, -0.15) is 0 Å². The molecule has 0 radical (unpaired) electrons. The van der Waals surface area contributed by atoms with Gasteiger partial charge in [-0.05, 0) is 38.2 Å². The van der Waals surface area contributed by atoms with Crippen LogP contribution in [0.3, 0.4) is 0 Å². The molecule has 0 aliphatic carbocycles. The quantitative estimate of drug-likeness (QED) is 0.757. The molecule has 24 heavy (non-hydrogen) atoms. The molecule has 2 atom stereocenters. The normalized spacial score (nSPS) is 15.0. The molecule has 0 spiro atoms. The highest BCUT2D eigenvalue weighted by atomic mass is 16.5. The largest absolute Gasteiger partial charge is 0.493 e. The van der Waals surface area contributed by atoms with Gasteiger partial charge in [0.2, 0.25) is 0 Å². The Balaban J connectivity index is 2.24. The first-order valence-electron chi connectivity index (χ1n) is 8.66. The van der Waals surface area contributed by atoms with Gasteiger partial charge in [0, 0.05) is 12.5 Å². The van der Waals surface area contributed by atoms with Crippen molar-refractivity contribution in [1.82, 2.24) is 4.90 Å². The highest BCUT2D eigenvalue weighted by molar-refractivity contribution is 5.24. The fourth-order valence-corrected chi connectivity index (χ4v) is 3.19. The van der Waals surface area contributed by atoms with Gasteiger partial charge in [-0.3, -0.25) is 0 Å². The van der Waals surface area contributed by atoms with Crippen LogP contribution in [0.2, 0.25) is 0 Å². The molecule has 0 amide bonds. The molecule has 2 rings (SSSR count). The SMILES string of the molecule is CCCC(O)(c1ccccc1)C(COc1ccccc1)CN(C)C. The van der Waals surface area contributed by atoms with Gasteiger partial charge in [-0.1, -0.05) is 61.9 Å². The van der Waals surface area contributed by atoms with Crippen molar-refractivity contribution < 1.29 is 9.84 Å². The lowest BCUT2D eigenvalue weighted by Crippen LogP contribution is -2.44. The Kier molecular flexibility index (Phi) is 6.83. The van der Waals surface area contributed by atoms with E-state index in [9.17, 15) is 5.11 Å². The molecule has 0 saturated carbocycles. The summed E-state index contributed by atoms with van der Waals surface area (Å²) in [6.45, 7) is 3.35. The van der Waals surface area contributed by atoms with E-state index in [1.165, 1.54) is 0 Å². The first-order chi connectivity index (χ1) is 11.6. The fourth-order valence-electron chi connectivity index (χ4n) is 3.19. The molecule has 0 aliphatic heterocycles.